The predicted molar refractivity (Wildman–Crippen MR) is 281 cm³/mol. The highest BCUT2D eigenvalue weighted by Gasteiger charge is 2.48. The molecule has 70 heavy (non-hydrogen) atoms. The zero-order valence-electron chi connectivity index (χ0n) is 44.9. The molecule has 0 bridgehead atoms. The molecule has 386 valence electrons. The van der Waals surface area contributed by atoms with E-state index in [1.807, 2.05) is 38.1 Å². The van der Waals surface area contributed by atoms with E-state index in [0.717, 1.165) is 47.9 Å². The summed E-state index contributed by atoms with van der Waals surface area (Å²) in [5, 5.41) is 25.4. The van der Waals surface area contributed by atoms with Crippen molar-refractivity contribution in [2.24, 2.45) is 0 Å². The van der Waals surface area contributed by atoms with Crippen molar-refractivity contribution in [1.29, 1.82) is 0 Å². The van der Waals surface area contributed by atoms with Crippen molar-refractivity contribution in [3.63, 3.8) is 0 Å². The van der Waals surface area contributed by atoms with Crippen LogP contribution in [0.4, 0.5) is 26.7 Å². The average molecular weight is 970 g/mol. The minimum absolute atomic E-state index is 0.0945. The van der Waals surface area contributed by atoms with Crippen molar-refractivity contribution < 1.29 is 38.6 Å². The van der Waals surface area contributed by atoms with Gasteiger partial charge in [0.15, 0.2) is 6.04 Å². The monoisotopic (exact) mass is 970 g/mol. The summed E-state index contributed by atoms with van der Waals surface area (Å²) in [5.74, 6) is -1.10. The number of alkyl carbamates (subject to hydrolysis) is 2. The molecule has 4 unspecified atom stereocenters. The third kappa shape index (κ3) is 12.0. The molecule has 4 atom stereocenters. The molecule has 0 saturated carbocycles. The fourth-order valence-electron chi connectivity index (χ4n) is 10.6. The predicted octanol–water partition coefficient (Wildman–Crippen LogP) is 9.69. The Labute approximate surface area is 417 Å². The molecule has 2 heterocycles. The number of benzene rings is 2. The lowest BCUT2D eigenvalue weighted by atomic mass is 9.76. The number of carbonyl (C=O) groups excluding carboxylic acids is 5. The maximum absolute atomic E-state index is 15.0. The molecule has 0 spiro atoms. The number of nitrogens with one attached hydrogen (secondary N) is 4. The van der Waals surface area contributed by atoms with Crippen LogP contribution in [0, 0.1) is 0 Å². The van der Waals surface area contributed by atoms with Gasteiger partial charge in [-0.2, -0.15) is 0 Å². The van der Waals surface area contributed by atoms with Gasteiger partial charge in [0.2, 0.25) is 23.0 Å². The van der Waals surface area contributed by atoms with Crippen molar-refractivity contribution in [2.75, 3.05) is 28.6 Å². The number of nitrogens with zero attached hydrogens (tertiary/aromatic N) is 2. The first-order chi connectivity index (χ1) is 33.0. The fourth-order valence-corrected chi connectivity index (χ4v) is 10.6. The van der Waals surface area contributed by atoms with Gasteiger partial charge in [-0.25, -0.2) is 14.2 Å². The molecule has 14 nitrogen and oxygen atoms in total. The van der Waals surface area contributed by atoms with E-state index < -0.39 is 12.2 Å². The van der Waals surface area contributed by atoms with Crippen LogP contribution in [0.25, 0.3) is 11.1 Å². The minimum Gasteiger partial charge on any atom is -0.506 e. The third-order valence-electron chi connectivity index (χ3n) is 15.1. The highest BCUT2D eigenvalue weighted by molar-refractivity contribution is 6.52. The van der Waals surface area contributed by atoms with Gasteiger partial charge in [-0.15, -0.1) is 0 Å². The largest absolute Gasteiger partial charge is 0.506 e. The number of allylic oxidation sites excluding steroid dienone is 2. The van der Waals surface area contributed by atoms with E-state index in [-0.39, 0.29) is 94.5 Å². The van der Waals surface area contributed by atoms with Crippen molar-refractivity contribution >= 4 is 58.0 Å². The standard InChI is InChI=1S/C56H84N6O8/c1-15-19-23-37(69-53(67)57-17-3)25-21-27-47(63)59-43-31-45-41(55(11,12)35(9)61(45)33(5)6)29-39(43)49-51(65)50(52(49)66)40-30-42-46(62(34(7)8)36(10)56(42,13)14)32-44(40)60-48(64)28-22-26-38(24-20-16-2)70-54(68)58-18-4/h29-38H,15-28H2,1-14H3,(H4,57,58,59,60,63,64,65,66,67,68)/p+1. The molecular formula is C56H85N6O8+. The third-order valence-corrected chi connectivity index (χ3v) is 15.1. The number of unbranched alkanes of at least 4 members (excludes halogenated alkanes) is 2. The quantitative estimate of drug-likeness (QED) is 0.0679. The Morgan fingerprint density at radius 3 is 1.69 bits per heavy atom. The minimum atomic E-state index is -0.463. The number of anilines is 3. The van der Waals surface area contributed by atoms with Crippen LogP contribution in [0.5, 0.6) is 0 Å². The lowest BCUT2D eigenvalue weighted by Crippen LogP contribution is -2.42. The van der Waals surface area contributed by atoms with Gasteiger partial charge < -0.3 is 40.7 Å². The number of Topliss-reactive ketones (excluding diaryl/α,β-unsaturated/α-hetero) is 1. The molecule has 0 saturated heterocycles. The number of amides is 4. The van der Waals surface area contributed by atoms with Crippen LogP contribution in [-0.4, -0.2) is 84.4 Å². The molecule has 1 aliphatic carbocycles. The first-order valence-electron chi connectivity index (χ1n) is 26.3. The second-order valence-corrected chi connectivity index (χ2v) is 21.3. The Morgan fingerprint density at radius 1 is 0.700 bits per heavy atom. The van der Waals surface area contributed by atoms with Crippen LogP contribution in [0.3, 0.4) is 0 Å². The second kappa shape index (κ2) is 23.7. The Morgan fingerprint density at radius 2 is 1.21 bits per heavy atom. The summed E-state index contributed by atoms with van der Waals surface area (Å²) in [6, 6.07) is 8.29. The van der Waals surface area contributed by atoms with E-state index in [1.165, 1.54) is 0 Å². The van der Waals surface area contributed by atoms with Crippen LogP contribution in [0.15, 0.2) is 30.0 Å². The number of rotatable bonds is 23. The van der Waals surface area contributed by atoms with Gasteiger partial charge in [0.05, 0.1) is 27.9 Å². The molecule has 2 aromatic carbocycles. The summed E-state index contributed by atoms with van der Waals surface area (Å²) < 4.78 is 13.7. The van der Waals surface area contributed by atoms with Crippen molar-refractivity contribution in [3.8, 4) is 0 Å². The summed E-state index contributed by atoms with van der Waals surface area (Å²) in [4.78, 5) is 69.8. The second-order valence-electron chi connectivity index (χ2n) is 21.3. The molecule has 4 amide bonds. The van der Waals surface area contributed by atoms with Crippen molar-refractivity contribution in [1.82, 2.24) is 15.2 Å². The van der Waals surface area contributed by atoms with E-state index >= 15 is 0 Å². The zero-order chi connectivity index (χ0) is 51.8. The van der Waals surface area contributed by atoms with Crippen molar-refractivity contribution in [2.45, 2.75) is 221 Å². The number of hydrogen-bond donors (Lipinski definition) is 5. The van der Waals surface area contributed by atoms with Crippen LogP contribution in [-0.2, 0) is 34.7 Å². The fraction of sp³-hybridized carbons (Fsp3) is 0.643. The summed E-state index contributed by atoms with van der Waals surface area (Å²) in [7, 11) is 0. The normalized spacial score (nSPS) is 19.4. The van der Waals surface area contributed by atoms with Gasteiger partial charge >= 0.3 is 12.2 Å². The Kier molecular flexibility index (Phi) is 18.8. The number of carbonyl (C=O) groups is 5. The molecule has 5 rings (SSSR count). The summed E-state index contributed by atoms with van der Waals surface area (Å²) in [6.45, 7) is 30.4. The lowest BCUT2D eigenvalue weighted by Gasteiger charge is -2.34. The summed E-state index contributed by atoms with van der Waals surface area (Å²) >= 11 is 0. The van der Waals surface area contributed by atoms with Crippen LogP contribution >= 0.6 is 0 Å². The number of aliphatic hydroxyl groups excluding tert-OH is 1. The number of aliphatic hydroxyl groups is 1. The molecule has 0 fully saturated rings. The van der Waals surface area contributed by atoms with Crippen molar-refractivity contribution in [3.05, 3.63) is 57.3 Å². The first kappa shape index (κ1) is 55.5. The van der Waals surface area contributed by atoms with E-state index in [0.29, 0.717) is 73.8 Å². The molecule has 2 aromatic rings. The van der Waals surface area contributed by atoms with E-state index in [9.17, 15) is 29.1 Å². The molecule has 0 aromatic heterocycles. The molecule has 3 aliphatic rings. The van der Waals surface area contributed by atoms with Gasteiger partial charge in [0, 0.05) is 71.5 Å². The molecule has 5 N–H and O–H groups in total. The van der Waals surface area contributed by atoms with Gasteiger partial charge in [0.1, 0.15) is 24.0 Å². The maximum atomic E-state index is 15.0. The number of fused-ring (bicyclic) bond motifs is 2. The Balaban J connectivity index is 1.58. The number of ketones is 1. The topological polar surface area (TPSA) is 178 Å². The molecular weight excluding hydrogens is 885 g/mol. The zero-order valence-corrected chi connectivity index (χ0v) is 44.9. The van der Waals surface area contributed by atoms with E-state index in [1.54, 1.807) is 0 Å². The number of hydrogen-bond acceptors (Lipinski definition) is 9. The van der Waals surface area contributed by atoms with Gasteiger partial charge in [-0.1, -0.05) is 53.4 Å². The smallest absolute Gasteiger partial charge is 0.407 e. The molecule has 0 radical (unpaired) electrons. The van der Waals surface area contributed by atoms with E-state index in [4.69, 9.17) is 9.47 Å². The van der Waals surface area contributed by atoms with Crippen LogP contribution in [0.2, 0.25) is 0 Å². The molecule has 14 heteroatoms. The van der Waals surface area contributed by atoms with E-state index in [2.05, 4.69) is 114 Å². The maximum Gasteiger partial charge on any atom is 0.407 e. The molecule has 2 aliphatic heterocycles. The van der Waals surface area contributed by atoms with Gasteiger partial charge in [-0.3, -0.25) is 14.4 Å². The average Bonchev–Trinajstić information content (AvgIpc) is 3.60. The highest BCUT2D eigenvalue weighted by Crippen LogP contribution is 2.51. The summed E-state index contributed by atoms with van der Waals surface area (Å²) in [5.41, 5.74) is 3.79. The first-order valence-corrected chi connectivity index (χ1v) is 26.3. The van der Waals surface area contributed by atoms with Crippen LogP contribution in [0.1, 0.15) is 191 Å². The van der Waals surface area contributed by atoms with Gasteiger partial charge in [-0.05, 0) is 132 Å². The lowest BCUT2D eigenvalue weighted by molar-refractivity contribution is -0.117. The SMILES string of the molecule is CCCCC(CCCC(=O)Nc1cc2c(cc1C1=C(O)C(=c3cc4c(cc3NC(=O)CCCC(CCCC)OC(=O)NCC)=[N+](C(C)C)C(C)C4(C)C)C1=O)C(C)(C)C(C)N2C(C)C)OC(=O)NCC. The van der Waals surface area contributed by atoms with Gasteiger partial charge in [0.25, 0.3) is 0 Å². The summed E-state index contributed by atoms with van der Waals surface area (Å²) in [6.07, 6.45) is 5.85. The Hall–Kier alpha value is -5.40. The Bertz CT molecular complexity index is 2440. The number of ether oxygens (including phenoxy) is 2. The van der Waals surface area contributed by atoms with Crippen LogP contribution < -0.4 is 41.3 Å². The highest BCUT2D eigenvalue weighted by atomic mass is 16.6.